The second-order valence-electron chi connectivity index (χ2n) is 2.77. The summed E-state index contributed by atoms with van der Waals surface area (Å²) < 4.78 is 0. The first kappa shape index (κ1) is 9.13. The molecule has 0 aliphatic carbocycles. The number of rotatable bonds is 2. The number of aromatic amines is 1. The molecule has 7 heteroatoms. The van der Waals surface area contributed by atoms with E-state index in [4.69, 9.17) is 5.73 Å². The number of nitrogens with zero attached hydrogens (tertiary/aromatic N) is 3. The third-order valence-corrected chi connectivity index (χ3v) is 1.75. The zero-order valence-corrected chi connectivity index (χ0v) is 7.64. The van der Waals surface area contributed by atoms with Crippen LogP contribution in [0.5, 0.6) is 0 Å². The van der Waals surface area contributed by atoms with E-state index in [0.29, 0.717) is 11.4 Å². The van der Waals surface area contributed by atoms with Crippen molar-refractivity contribution in [3.63, 3.8) is 0 Å². The SMILES string of the molecule is Nc1cnccc1NC(=O)c1cn[nH]n1. The van der Waals surface area contributed by atoms with Gasteiger partial charge in [0.05, 0.1) is 23.8 Å². The average Bonchev–Trinajstić information content (AvgIpc) is 2.74. The second kappa shape index (κ2) is 3.74. The topological polar surface area (TPSA) is 110 Å². The molecule has 4 N–H and O–H groups in total. The molecule has 0 fully saturated rings. The van der Waals surface area contributed by atoms with Crippen molar-refractivity contribution in [3.05, 3.63) is 30.4 Å². The van der Waals surface area contributed by atoms with Gasteiger partial charge in [-0.3, -0.25) is 9.78 Å². The van der Waals surface area contributed by atoms with Crippen molar-refractivity contribution in [2.45, 2.75) is 0 Å². The molecule has 0 aliphatic rings. The van der Waals surface area contributed by atoms with E-state index in [0.717, 1.165) is 0 Å². The molecule has 2 aromatic rings. The minimum atomic E-state index is -0.373. The average molecular weight is 204 g/mol. The molecule has 0 radical (unpaired) electrons. The van der Waals surface area contributed by atoms with Crippen molar-refractivity contribution in [1.82, 2.24) is 20.4 Å². The summed E-state index contributed by atoms with van der Waals surface area (Å²) in [5, 5.41) is 12.1. The molecule has 7 nitrogen and oxygen atoms in total. The number of nitrogen functional groups attached to an aromatic ring is 1. The Bertz CT molecular complexity index is 466. The number of nitrogens with one attached hydrogen (secondary N) is 2. The Morgan fingerprint density at radius 1 is 1.47 bits per heavy atom. The Hall–Kier alpha value is -2.44. The van der Waals surface area contributed by atoms with Crippen LogP contribution in [0.25, 0.3) is 0 Å². The molecule has 2 aromatic heterocycles. The first-order valence-corrected chi connectivity index (χ1v) is 4.14. The molecule has 15 heavy (non-hydrogen) atoms. The minimum absolute atomic E-state index is 0.200. The highest BCUT2D eigenvalue weighted by molar-refractivity contribution is 6.04. The van der Waals surface area contributed by atoms with Crippen LogP contribution in [0.2, 0.25) is 0 Å². The Labute approximate surface area is 84.7 Å². The summed E-state index contributed by atoms with van der Waals surface area (Å²) in [5.74, 6) is -0.373. The Morgan fingerprint density at radius 2 is 2.33 bits per heavy atom. The maximum Gasteiger partial charge on any atom is 0.277 e. The van der Waals surface area contributed by atoms with Crippen LogP contribution in [0.3, 0.4) is 0 Å². The molecule has 0 aromatic carbocycles. The number of anilines is 2. The first-order valence-electron chi connectivity index (χ1n) is 4.14. The number of hydrogen-bond acceptors (Lipinski definition) is 5. The number of amides is 1. The molecule has 0 unspecified atom stereocenters. The number of pyridine rings is 1. The van der Waals surface area contributed by atoms with E-state index >= 15 is 0 Å². The molecule has 0 bridgehead atoms. The Morgan fingerprint density at radius 3 is 3.00 bits per heavy atom. The zero-order valence-electron chi connectivity index (χ0n) is 7.64. The van der Waals surface area contributed by atoms with E-state index < -0.39 is 0 Å². The second-order valence-corrected chi connectivity index (χ2v) is 2.77. The minimum Gasteiger partial charge on any atom is -0.396 e. The molecule has 0 saturated carbocycles. The third kappa shape index (κ3) is 1.90. The van der Waals surface area contributed by atoms with Crippen molar-refractivity contribution in [1.29, 1.82) is 0 Å². The lowest BCUT2D eigenvalue weighted by Crippen LogP contribution is -2.13. The number of aromatic nitrogens is 4. The standard InChI is InChI=1S/C8H8N6O/c9-5-3-10-2-1-6(5)12-8(15)7-4-11-14-13-7/h1-4H,9H2,(H,10,12,15)(H,11,13,14). The van der Waals surface area contributed by atoms with Crippen LogP contribution in [0.4, 0.5) is 11.4 Å². The lowest BCUT2D eigenvalue weighted by atomic mass is 10.3. The van der Waals surface area contributed by atoms with E-state index in [1.807, 2.05) is 0 Å². The monoisotopic (exact) mass is 204 g/mol. The number of H-pyrrole nitrogens is 1. The van der Waals surface area contributed by atoms with Crippen molar-refractivity contribution >= 4 is 17.3 Å². The summed E-state index contributed by atoms with van der Waals surface area (Å²) in [6.45, 7) is 0. The van der Waals surface area contributed by atoms with Gasteiger partial charge in [-0.05, 0) is 6.07 Å². The highest BCUT2D eigenvalue weighted by Gasteiger charge is 2.09. The van der Waals surface area contributed by atoms with Crippen LogP contribution >= 0.6 is 0 Å². The van der Waals surface area contributed by atoms with Crippen LogP contribution < -0.4 is 11.1 Å². The maximum absolute atomic E-state index is 11.5. The van der Waals surface area contributed by atoms with Gasteiger partial charge in [-0.25, -0.2) is 0 Å². The molecule has 2 rings (SSSR count). The molecule has 0 atom stereocenters. The number of hydrogen-bond donors (Lipinski definition) is 3. The van der Waals surface area contributed by atoms with Crippen molar-refractivity contribution in [2.24, 2.45) is 0 Å². The van der Waals surface area contributed by atoms with E-state index in [2.05, 4.69) is 25.7 Å². The van der Waals surface area contributed by atoms with E-state index in [1.54, 1.807) is 6.07 Å². The van der Waals surface area contributed by atoms with Gasteiger partial charge in [0.25, 0.3) is 5.91 Å². The van der Waals surface area contributed by atoms with Crippen molar-refractivity contribution in [3.8, 4) is 0 Å². The molecular weight excluding hydrogens is 196 g/mol. The van der Waals surface area contributed by atoms with Gasteiger partial charge in [0.15, 0.2) is 5.69 Å². The number of nitrogens with two attached hydrogens (primary N) is 1. The first-order chi connectivity index (χ1) is 7.27. The number of carbonyl (C=O) groups is 1. The Balaban J connectivity index is 2.17. The highest BCUT2D eigenvalue weighted by Crippen LogP contribution is 2.15. The largest absolute Gasteiger partial charge is 0.396 e. The molecule has 0 saturated heterocycles. The zero-order chi connectivity index (χ0) is 10.7. The van der Waals surface area contributed by atoms with Gasteiger partial charge in [0.1, 0.15) is 0 Å². The molecule has 2 heterocycles. The van der Waals surface area contributed by atoms with Gasteiger partial charge in [-0.2, -0.15) is 15.4 Å². The van der Waals surface area contributed by atoms with Crippen LogP contribution in [0.15, 0.2) is 24.7 Å². The summed E-state index contributed by atoms with van der Waals surface area (Å²) >= 11 is 0. The van der Waals surface area contributed by atoms with Gasteiger partial charge in [-0.1, -0.05) is 0 Å². The van der Waals surface area contributed by atoms with Crippen molar-refractivity contribution in [2.75, 3.05) is 11.1 Å². The predicted molar refractivity (Wildman–Crippen MR) is 53.0 cm³/mol. The van der Waals surface area contributed by atoms with Gasteiger partial charge in [0, 0.05) is 6.20 Å². The molecule has 76 valence electrons. The van der Waals surface area contributed by atoms with Crippen LogP contribution in [-0.2, 0) is 0 Å². The molecule has 0 aliphatic heterocycles. The highest BCUT2D eigenvalue weighted by atomic mass is 16.2. The fourth-order valence-corrected chi connectivity index (χ4v) is 1.02. The summed E-state index contributed by atoms with van der Waals surface area (Å²) in [5.41, 5.74) is 6.70. The van der Waals surface area contributed by atoms with Gasteiger partial charge in [-0.15, -0.1) is 0 Å². The molecule has 1 amide bonds. The van der Waals surface area contributed by atoms with Crippen LogP contribution in [0, 0.1) is 0 Å². The summed E-state index contributed by atoms with van der Waals surface area (Å²) in [7, 11) is 0. The lowest BCUT2D eigenvalue weighted by molar-refractivity contribution is 0.102. The van der Waals surface area contributed by atoms with Crippen LogP contribution in [-0.4, -0.2) is 26.3 Å². The van der Waals surface area contributed by atoms with E-state index in [9.17, 15) is 4.79 Å². The quantitative estimate of drug-likeness (QED) is 0.639. The fourth-order valence-electron chi connectivity index (χ4n) is 1.02. The smallest absolute Gasteiger partial charge is 0.277 e. The summed E-state index contributed by atoms with van der Waals surface area (Å²) in [4.78, 5) is 15.3. The Kier molecular flexibility index (Phi) is 2.28. The van der Waals surface area contributed by atoms with Crippen LogP contribution in [0.1, 0.15) is 10.5 Å². The molecule has 0 spiro atoms. The normalized spacial score (nSPS) is 9.87. The van der Waals surface area contributed by atoms with E-state index in [-0.39, 0.29) is 11.6 Å². The summed E-state index contributed by atoms with van der Waals surface area (Å²) in [6, 6.07) is 1.60. The fraction of sp³-hybridized carbons (Fsp3) is 0. The maximum atomic E-state index is 11.5. The predicted octanol–water partition coefficient (Wildman–Crippen LogP) is 0.0342. The molecular formula is C8H8N6O. The van der Waals surface area contributed by atoms with Crippen molar-refractivity contribution < 1.29 is 4.79 Å². The third-order valence-electron chi connectivity index (χ3n) is 1.75. The van der Waals surface area contributed by atoms with Gasteiger partial charge >= 0.3 is 0 Å². The van der Waals surface area contributed by atoms with Gasteiger partial charge < -0.3 is 11.1 Å². The lowest BCUT2D eigenvalue weighted by Gasteiger charge is -2.04. The van der Waals surface area contributed by atoms with E-state index in [1.165, 1.54) is 18.6 Å². The number of carbonyl (C=O) groups excluding carboxylic acids is 1. The summed E-state index contributed by atoms with van der Waals surface area (Å²) in [6.07, 6.45) is 4.32. The van der Waals surface area contributed by atoms with Gasteiger partial charge in [0.2, 0.25) is 0 Å².